The first-order valence-corrected chi connectivity index (χ1v) is 5.37. The largest absolute Gasteiger partial charge is 0.268 e. The van der Waals surface area contributed by atoms with Crippen LogP contribution in [-0.2, 0) is 13.5 Å². The molecule has 1 aliphatic rings. The fourth-order valence-electron chi connectivity index (χ4n) is 1.85. The van der Waals surface area contributed by atoms with Gasteiger partial charge in [-0.1, -0.05) is 37.3 Å². The van der Waals surface area contributed by atoms with Gasteiger partial charge in [0, 0.05) is 7.05 Å². The van der Waals surface area contributed by atoms with E-state index in [9.17, 15) is 0 Å². The molecule has 0 atom stereocenters. The summed E-state index contributed by atoms with van der Waals surface area (Å²) >= 11 is 0. The maximum Gasteiger partial charge on any atom is 0.0710 e. The molecule has 1 aromatic rings. The Bertz CT molecular complexity index is 433. The van der Waals surface area contributed by atoms with Crippen LogP contribution in [0.3, 0.4) is 0 Å². The number of hydrogen-bond acceptors (Lipinski definition) is 1. The smallest absolute Gasteiger partial charge is 0.0710 e. The first-order valence-electron chi connectivity index (χ1n) is 5.37. The Kier molecular flexibility index (Phi) is 2.86. The van der Waals surface area contributed by atoms with E-state index in [1.165, 1.54) is 16.8 Å². The first-order chi connectivity index (χ1) is 7.33. The van der Waals surface area contributed by atoms with Gasteiger partial charge >= 0.3 is 0 Å². The zero-order valence-corrected chi connectivity index (χ0v) is 9.27. The topological polar surface area (TPSA) is 17.8 Å². The van der Waals surface area contributed by atoms with Crippen molar-refractivity contribution in [1.29, 1.82) is 0 Å². The van der Waals surface area contributed by atoms with Crippen molar-refractivity contribution in [3.05, 3.63) is 47.8 Å². The highest BCUT2D eigenvalue weighted by molar-refractivity contribution is 5.75. The van der Waals surface area contributed by atoms with E-state index in [4.69, 9.17) is 0 Å². The van der Waals surface area contributed by atoms with Crippen molar-refractivity contribution in [2.75, 3.05) is 0 Å². The fourth-order valence-corrected chi connectivity index (χ4v) is 1.85. The molecule has 0 radical (unpaired) electrons. The molecule has 1 aromatic heterocycles. The average molecular weight is 200 g/mol. The summed E-state index contributed by atoms with van der Waals surface area (Å²) in [6.45, 7) is 2.16. The zero-order chi connectivity index (χ0) is 10.7. The Hall–Kier alpha value is -1.57. The van der Waals surface area contributed by atoms with Gasteiger partial charge < -0.3 is 0 Å². The van der Waals surface area contributed by atoms with Crippen LogP contribution >= 0.6 is 0 Å². The lowest BCUT2D eigenvalue weighted by atomic mass is 10.1. The van der Waals surface area contributed by atoms with Crippen LogP contribution in [0, 0.1) is 0 Å². The molecule has 2 rings (SSSR count). The molecule has 2 nitrogen and oxygen atoms in total. The van der Waals surface area contributed by atoms with Crippen LogP contribution in [0.4, 0.5) is 0 Å². The van der Waals surface area contributed by atoms with Crippen molar-refractivity contribution < 1.29 is 0 Å². The van der Waals surface area contributed by atoms with Gasteiger partial charge in [0.1, 0.15) is 0 Å². The van der Waals surface area contributed by atoms with Crippen molar-refractivity contribution >= 4 is 5.57 Å². The highest BCUT2D eigenvalue weighted by Crippen LogP contribution is 2.22. The molecule has 0 saturated heterocycles. The molecule has 0 aromatic carbocycles. The third kappa shape index (κ3) is 1.94. The number of allylic oxidation sites excluding steroid dienone is 6. The quantitative estimate of drug-likeness (QED) is 0.717. The van der Waals surface area contributed by atoms with Crippen LogP contribution in [0.15, 0.2) is 36.6 Å². The van der Waals surface area contributed by atoms with E-state index in [1.54, 1.807) is 0 Å². The minimum absolute atomic E-state index is 1.01. The van der Waals surface area contributed by atoms with E-state index in [1.807, 2.05) is 17.9 Å². The SMILES string of the molecule is CCc1cnn(C)c1C1=CC=CCC=C1. The Labute approximate surface area is 90.6 Å². The monoisotopic (exact) mass is 200 g/mol. The van der Waals surface area contributed by atoms with Gasteiger partial charge in [0.25, 0.3) is 0 Å². The standard InChI is InChI=1S/C13H16N2/c1-3-11-10-14-15(2)13(11)12-8-6-4-5-7-9-12/h4,6-10H,3,5H2,1-2H3. The maximum atomic E-state index is 4.31. The van der Waals surface area contributed by atoms with Gasteiger partial charge in [-0.15, -0.1) is 0 Å². The summed E-state index contributed by atoms with van der Waals surface area (Å²) in [4.78, 5) is 0. The molecule has 15 heavy (non-hydrogen) atoms. The van der Waals surface area contributed by atoms with Crippen LogP contribution in [0.2, 0.25) is 0 Å². The lowest BCUT2D eigenvalue weighted by Gasteiger charge is -2.05. The van der Waals surface area contributed by atoms with Gasteiger partial charge in [0.05, 0.1) is 11.9 Å². The molecule has 0 amide bonds. The Morgan fingerprint density at radius 1 is 1.40 bits per heavy atom. The normalized spacial score (nSPS) is 15.2. The lowest BCUT2D eigenvalue weighted by Crippen LogP contribution is -1.98. The third-order valence-corrected chi connectivity index (χ3v) is 2.65. The second-order valence-corrected chi connectivity index (χ2v) is 3.68. The van der Waals surface area contributed by atoms with E-state index >= 15 is 0 Å². The molecular weight excluding hydrogens is 184 g/mol. The van der Waals surface area contributed by atoms with Gasteiger partial charge in [0.15, 0.2) is 0 Å². The van der Waals surface area contributed by atoms with Crippen molar-refractivity contribution in [3.8, 4) is 0 Å². The molecule has 78 valence electrons. The zero-order valence-electron chi connectivity index (χ0n) is 9.27. The summed E-state index contributed by atoms with van der Waals surface area (Å²) in [5.41, 5.74) is 3.80. The summed E-state index contributed by atoms with van der Waals surface area (Å²) in [6.07, 6.45) is 14.8. The molecule has 1 heterocycles. The van der Waals surface area contributed by atoms with Crippen molar-refractivity contribution in [2.24, 2.45) is 7.05 Å². The summed E-state index contributed by atoms with van der Waals surface area (Å²) in [5, 5.41) is 4.31. The highest BCUT2D eigenvalue weighted by Gasteiger charge is 2.09. The molecule has 2 heteroatoms. The Morgan fingerprint density at radius 2 is 2.27 bits per heavy atom. The summed E-state index contributed by atoms with van der Waals surface area (Å²) in [6, 6.07) is 0. The van der Waals surface area contributed by atoms with E-state index in [0.29, 0.717) is 0 Å². The fraction of sp³-hybridized carbons (Fsp3) is 0.308. The maximum absolute atomic E-state index is 4.31. The van der Waals surface area contributed by atoms with Crippen LogP contribution in [0.25, 0.3) is 5.57 Å². The molecule has 0 fully saturated rings. The summed E-state index contributed by atoms with van der Waals surface area (Å²) in [5.74, 6) is 0. The second kappa shape index (κ2) is 4.30. The average Bonchev–Trinajstić information content (AvgIpc) is 2.48. The number of nitrogens with zero attached hydrogens (tertiary/aromatic N) is 2. The molecular formula is C13H16N2. The molecule has 0 spiro atoms. The van der Waals surface area contributed by atoms with Gasteiger partial charge in [-0.05, 0) is 24.0 Å². The molecule has 0 saturated carbocycles. The van der Waals surface area contributed by atoms with Crippen LogP contribution in [-0.4, -0.2) is 9.78 Å². The predicted octanol–water partition coefficient (Wildman–Crippen LogP) is 2.88. The van der Waals surface area contributed by atoms with Crippen LogP contribution < -0.4 is 0 Å². The van der Waals surface area contributed by atoms with E-state index in [2.05, 4.69) is 42.4 Å². The van der Waals surface area contributed by atoms with Crippen LogP contribution in [0.1, 0.15) is 24.6 Å². The Morgan fingerprint density at radius 3 is 3.07 bits per heavy atom. The van der Waals surface area contributed by atoms with Gasteiger partial charge in [-0.3, -0.25) is 4.68 Å². The number of aromatic nitrogens is 2. The minimum atomic E-state index is 1.01. The van der Waals surface area contributed by atoms with E-state index in [-0.39, 0.29) is 0 Å². The Balaban J connectivity index is 2.47. The van der Waals surface area contributed by atoms with Crippen molar-refractivity contribution in [1.82, 2.24) is 9.78 Å². The molecule has 0 N–H and O–H groups in total. The van der Waals surface area contributed by atoms with Crippen molar-refractivity contribution in [2.45, 2.75) is 19.8 Å². The molecule has 0 bridgehead atoms. The number of aryl methyl sites for hydroxylation is 2. The minimum Gasteiger partial charge on any atom is -0.268 e. The van der Waals surface area contributed by atoms with E-state index in [0.717, 1.165) is 12.8 Å². The predicted molar refractivity (Wildman–Crippen MR) is 63.5 cm³/mol. The van der Waals surface area contributed by atoms with E-state index < -0.39 is 0 Å². The summed E-state index contributed by atoms with van der Waals surface area (Å²) < 4.78 is 1.95. The van der Waals surface area contributed by atoms with Gasteiger partial charge in [-0.2, -0.15) is 5.10 Å². The first kappa shape index (κ1) is 9.97. The summed E-state index contributed by atoms with van der Waals surface area (Å²) in [7, 11) is 2.00. The highest BCUT2D eigenvalue weighted by atomic mass is 15.3. The third-order valence-electron chi connectivity index (χ3n) is 2.65. The van der Waals surface area contributed by atoms with Crippen molar-refractivity contribution in [3.63, 3.8) is 0 Å². The lowest BCUT2D eigenvalue weighted by molar-refractivity contribution is 0.756. The molecule has 0 aliphatic heterocycles. The van der Waals surface area contributed by atoms with Crippen LogP contribution in [0.5, 0.6) is 0 Å². The molecule has 0 unspecified atom stereocenters. The van der Waals surface area contributed by atoms with Gasteiger partial charge in [-0.25, -0.2) is 0 Å². The molecule has 1 aliphatic carbocycles. The second-order valence-electron chi connectivity index (χ2n) is 3.68. The number of rotatable bonds is 2. The number of hydrogen-bond donors (Lipinski definition) is 0. The van der Waals surface area contributed by atoms with Gasteiger partial charge in [0.2, 0.25) is 0 Å².